The van der Waals surface area contributed by atoms with Crippen molar-refractivity contribution in [2.75, 3.05) is 0 Å². The molecule has 1 rings (SSSR count). The van der Waals surface area contributed by atoms with Crippen LogP contribution in [0.15, 0.2) is 22.7 Å². The molecule has 0 heterocycles. The number of hydrogen-bond acceptors (Lipinski definition) is 0. The van der Waals surface area contributed by atoms with Gasteiger partial charge in [-0.3, -0.25) is 0 Å². The quantitative estimate of drug-likeness (QED) is 0.664. The van der Waals surface area contributed by atoms with Crippen molar-refractivity contribution in [1.29, 1.82) is 0 Å². The third kappa shape index (κ3) is 2.33. The zero-order valence-corrected chi connectivity index (χ0v) is 8.77. The van der Waals surface area contributed by atoms with E-state index >= 15 is 0 Å². The average molecular weight is 213 g/mol. The summed E-state index contributed by atoms with van der Waals surface area (Å²) in [5.74, 6) is 0.617. The molecule has 60 valence electrons. The monoisotopic (exact) mass is 212 g/mol. The molecular formula is C10H13Br. The third-order valence-corrected chi connectivity index (χ3v) is 2.19. The Labute approximate surface area is 76.8 Å². The van der Waals surface area contributed by atoms with E-state index in [0.29, 0.717) is 5.92 Å². The van der Waals surface area contributed by atoms with Crippen molar-refractivity contribution in [2.24, 2.45) is 0 Å². The van der Waals surface area contributed by atoms with Crippen LogP contribution in [-0.4, -0.2) is 0 Å². The molecule has 0 saturated heterocycles. The second-order valence-corrected chi connectivity index (χ2v) is 4.13. The largest absolute Gasteiger partial charge is 0.0587 e. The van der Waals surface area contributed by atoms with Crippen LogP contribution in [0.2, 0.25) is 0 Å². The maximum absolute atomic E-state index is 3.48. The van der Waals surface area contributed by atoms with E-state index < -0.39 is 0 Å². The molecule has 0 aliphatic heterocycles. The molecule has 0 radical (unpaired) electrons. The second kappa shape index (κ2) is 3.40. The lowest BCUT2D eigenvalue weighted by Crippen LogP contribution is -1.87. The molecule has 0 N–H and O–H groups in total. The van der Waals surface area contributed by atoms with Gasteiger partial charge >= 0.3 is 0 Å². The molecule has 1 heteroatoms. The molecule has 0 aliphatic rings. The first-order valence-electron chi connectivity index (χ1n) is 3.86. The highest BCUT2D eigenvalue weighted by atomic mass is 79.9. The third-order valence-electron chi connectivity index (χ3n) is 1.73. The summed E-state index contributed by atoms with van der Waals surface area (Å²) >= 11 is 3.48. The number of halogens is 1. The summed E-state index contributed by atoms with van der Waals surface area (Å²) in [5.41, 5.74) is 2.72. The van der Waals surface area contributed by atoms with E-state index in [-0.39, 0.29) is 0 Å². The molecule has 0 nitrogen and oxygen atoms in total. The van der Waals surface area contributed by atoms with E-state index in [1.165, 1.54) is 15.6 Å². The first-order chi connectivity index (χ1) is 5.09. The Morgan fingerprint density at radius 3 is 2.27 bits per heavy atom. The Morgan fingerprint density at radius 1 is 1.18 bits per heavy atom. The lowest BCUT2D eigenvalue weighted by molar-refractivity contribution is 0.864. The molecule has 11 heavy (non-hydrogen) atoms. The lowest BCUT2D eigenvalue weighted by atomic mass is 10.0. The highest BCUT2D eigenvalue weighted by Crippen LogP contribution is 2.21. The maximum atomic E-state index is 3.48. The van der Waals surface area contributed by atoms with Crippen molar-refractivity contribution in [3.63, 3.8) is 0 Å². The van der Waals surface area contributed by atoms with Crippen LogP contribution in [0.5, 0.6) is 0 Å². The number of aryl methyl sites for hydroxylation is 1. The smallest absolute Gasteiger partial charge is 0.0180 e. The van der Waals surface area contributed by atoms with E-state index in [2.05, 4.69) is 54.9 Å². The van der Waals surface area contributed by atoms with Gasteiger partial charge in [0.25, 0.3) is 0 Å². The van der Waals surface area contributed by atoms with Crippen molar-refractivity contribution in [2.45, 2.75) is 26.7 Å². The Morgan fingerprint density at radius 2 is 1.82 bits per heavy atom. The zero-order chi connectivity index (χ0) is 8.43. The molecule has 0 atom stereocenters. The van der Waals surface area contributed by atoms with Crippen LogP contribution in [0.3, 0.4) is 0 Å². The first-order valence-corrected chi connectivity index (χ1v) is 4.66. The Kier molecular flexibility index (Phi) is 2.72. The molecule has 0 spiro atoms. The van der Waals surface area contributed by atoms with E-state index in [1.54, 1.807) is 0 Å². The summed E-state index contributed by atoms with van der Waals surface area (Å²) in [7, 11) is 0. The zero-order valence-electron chi connectivity index (χ0n) is 7.19. The van der Waals surface area contributed by atoms with E-state index in [1.807, 2.05) is 0 Å². The lowest BCUT2D eigenvalue weighted by Gasteiger charge is -2.06. The van der Waals surface area contributed by atoms with Crippen molar-refractivity contribution in [3.05, 3.63) is 33.8 Å². The fraction of sp³-hybridized carbons (Fsp3) is 0.400. The van der Waals surface area contributed by atoms with Gasteiger partial charge in [-0.2, -0.15) is 0 Å². The average Bonchev–Trinajstić information content (AvgIpc) is 1.85. The van der Waals surface area contributed by atoms with Gasteiger partial charge in [-0.15, -0.1) is 0 Å². The highest BCUT2D eigenvalue weighted by molar-refractivity contribution is 9.10. The van der Waals surface area contributed by atoms with Crippen LogP contribution < -0.4 is 0 Å². The van der Waals surface area contributed by atoms with Crippen LogP contribution in [0.4, 0.5) is 0 Å². The SMILES string of the molecule is Cc1cc(Br)cc(C(C)C)c1. The summed E-state index contributed by atoms with van der Waals surface area (Å²) in [6, 6.07) is 6.54. The van der Waals surface area contributed by atoms with Crippen LogP contribution in [0.25, 0.3) is 0 Å². The van der Waals surface area contributed by atoms with E-state index in [0.717, 1.165) is 0 Å². The van der Waals surface area contributed by atoms with Gasteiger partial charge in [0, 0.05) is 4.47 Å². The molecule has 0 aliphatic carbocycles. The van der Waals surface area contributed by atoms with Gasteiger partial charge in [0.05, 0.1) is 0 Å². The molecule has 1 aromatic rings. The molecule has 0 aromatic heterocycles. The van der Waals surface area contributed by atoms with Gasteiger partial charge in [0.2, 0.25) is 0 Å². The van der Waals surface area contributed by atoms with Gasteiger partial charge in [-0.05, 0) is 36.1 Å². The normalized spacial score (nSPS) is 10.6. The van der Waals surface area contributed by atoms with E-state index in [9.17, 15) is 0 Å². The predicted octanol–water partition coefficient (Wildman–Crippen LogP) is 3.88. The topological polar surface area (TPSA) is 0 Å². The van der Waals surface area contributed by atoms with Crippen molar-refractivity contribution in [1.82, 2.24) is 0 Å². The first kappa shape index (κ1) is 8.79. The Bertz CT molecular complexity index is 231. The fourth-order valence-corrected chi connectivity index (χ4v) is 1.72. The maximum Gasteiger partial charge on any atom is 0.0180 e. The van der Waals surface area contributed by atoms with Crippen molar-refractivity contribution in [3.8, 4) is 0 Å². The van der Waals surface area contributed by atoms with Gasteiger partial charge in [0.1, 0.15) is 0 Å². The second-order valence-electron chi connectivity index (χ2n) is 3.22. The van der Waals surface area contributed by atoms with Gasteiger partial charge in [-0.1, -0.05) is 35.8 Å². The molecule has 0 fully saturated rings. The fourth-order valence-electron chi connectivity index (χ4n) is 1.10. The van der Waals surface area contributed by atoms with E-state index in [4.69, 9.17) is 0 Å². The highest BCUT2D eigenvalue weighted by Gasteiger charge is 1.99. The molecule has 0 saturated carbocycles. The van der Waals surface area contributed by atoms with Gasteiger partial charge in [-0.25, -0.2) is 0 Å². The minimum absolute atomic E-state index is 0.617. The molecule has 0 amide bonds. The van der Waals surface area contributed by atoms with Gasteiger partial charge < -0.3 is 0 Å². The molecule has 0 bridgehead atoms. The van der Waals surface area contributed by atoms with Crippen LogP contribution in [0, 0.1) is 6.92 Å². The summed E-state index contributed by atoms with van der Waals surface area (Å²) in [6.45, 7) is 6.54. The Hall–Kier alpha value is -0.300. The van der Waals surface area contributed by atoms with Crippen LogP contribution in [0.1, 0.15) is 30.9 Å². The summed E-state index contributed by atoms with van der Waals surface area (Å²) in [6.07, 6.45) is 0. The minimum atomic E-state index is 0.617. The summed E-state index contributed by atoms with van der Waals surface area (Å²) in [4.78, 5) is 0. The molecule has 1 aromatic carbocycles. The van der Waals surface area contributed by atoms with Crippen molar-refractivity contribution >= 4 is 15.9 Å². The minimum Gasteiger partial charge on any atom is -0.0587 e. The van der Waals surface area contributed by atoms with Gasteiger partial charge in [0.15, 0.2) is 0 Å². The molecule has 0 unspecified atom stereocenters. The molecular weight excluding hydrogens is 200 g/mol. The number of rotatable bonds is 1. The number of benzene rings is 1. The van der Waals surface area contributed by atoms with Crippen LogP contribution in [-0.2, 0) is 0 Å². The summed E-state index contributed by atoms with van der Waals surface area (Å²) < 4.78 is 1.18. The predicted molar refractivity (Wildman–Crippen MR) is 53.0 cm³/mol. The summed E-state index contributed by atoms with van der Waals surface area (Å²) in [5, 5.41) is 0. The Balaban J connectivity index is 3.08. The standard InChI is InChI=1S/C10H13Br/c1-7(2)9-4-8(3)5-10(11)6-9/h4-7H,1-3H3. The number of hydrogen-bond donors (Lipinski definition) is 0. The van der Waals surface area contributed by atoms with Crippen LogP contribution >= 0.6 is 15.9 Å². The van der Waals surface area contributed by atoms with Crippen molar-refractivity contribution < 1.29 is 0 Å².